The van der Waals surface area contributed by atoms with E-state index in [1.807, 2.05) is 29.5 Å². The Kier molecular flexibility index (Phi) is 7.84. The van der Waals surface area contributed by atoms with E-state index in [0.29, 0.717) is 5.82 Å². The predicted octanol–water partition coefficient (Wildman–Crippen LogP) is 14.5. The highest BCUT2D eigenvalue weighted by molar-refractivity contribution is 7.26. The first kappa shape index (κ1) is 33.4. The summed E-state index contributed by atoms with van der Waals surface area (Å²) < 4.78 is 2.64. The average molecular weight is 745 g/mol. The number of nitrogens with zero attached hydrogens (tertiary/aromatic N) is 2. The van der Waals surface area contributed by atoms with E-state index in [-0.39, 0.29) is 5.41 Å². The molecule has 1 aliphatic rings. The molecular formula is C54H36N2S. The van der Waals surface area contributed by atoms with Crippen LogP contribution >= 0.6 is 11.3 Å². The zero-order chi connectivity index (χ0) is 37.9. The minimum Gasteiger partial charge on any atom is -0.228 e. The van der Waals surface area contributed by atoms with Crippen LogP contribution in [0.15, 0.2) is 200 Å². The summed E-state index contributed by atoms with van der Waals surface area (Å²) >= 11 is 1.86. The van der Waals surface area contributed by atoms with Crippen molar-refractivity contribution in [2.45, 2.75) is 12.3 Å². The van der Waals surface area contributed by atoms with Gasteiger partial charge in [0.2, 0.25) is 0 Å². The van der Waals surface area contributed by atoms with Gasteiger partial charge < -0.3 is 0 Å². The van der Waals surface area contributed by atoms with E-state index in [0.717, 1.165) is 28.1 Å². The molecule has 0 amide bonds. The Morgan fingerprint density at radius 2 is 0.930 bits per heavy atom. The van der Waals surface area contributed by atoms with E-state index < -0.39 is 0 Å². The number of rotatable bonds is 6. The first-order valence-corrected chi connectivity index (χ1v) is 20.3. The molecule has 10 aromatic rings. The first-order chi connectivity index (χ1) is 28.1. The summed E-state index contributed by atoms with van der Waals surface area (Å²) in [7, 11) is 0. The molecule has 1 unspecified atom stereocenters. The highest BCUT2D eigenvalue weighted by Gasteiger charge is 2.41. The molecule has 0 fully saturated rings. The molecule has 11 rings (SSSR count). The Balaban J connectivity index is 0.981. The Morgan fingerprint density at radius 1 is 0.404 bits per heavy atom. The summed E-state index contributed by atoms with van der Waals surface area (Å²) in [6.07, 6.45) is 0. The summed E-state index contributed by atoms with van der Waals surface area (Å²) in [6, 6.07) is 72.1. The molecule has 57 heavy (non-hydrogen) atoms. The number of benzene rings is 8. The number of hydrogen-bond donors (Lipinski definition) is 0. The Morgan fingerprint density at radius 3 is 1.67 bits per heavy atom. The van der Waals surface area contributed by atoms with Crippen LogP contribution in [-0.4, -0.2) is 9.97 Å². The molecule has 0 radical (unpaired) electrons. The normalized spacial score (nSPS) is 14.5. The molecule has 0 saturated heterocycles. The van der Waals surface area contributed by atoms with Gasteiger partial charge >= 0.3 is 0 Å². The summed E-state index contributed by atoms with van der Waals surface area (Å²) in [5, 5.41) is 2.62. The second-order valence-electron chi connectivity index (χ2n) is 15.0. The highest BCUT2D eigenvalue weighted by atomic mass is 32.1. The number of fused-ring (bicyclic) bond motifs is 6. The van der Waals surface area contributed by atoms with Gasteiger partial charge in [0.05, 0.1) is 11.4 Å². The lowest BCUT2D eigenvalue weighted by Gasteiger charge is -2.28. The van der Waals surface area contributed by atoms with Gasteiger partial charge in [0.1, 0.15) is 0 Å². The molecule has 0 bridgehead atoms. The molecule has 2 heterocycles. The first-order valence-electron chi connectivity index (χ1n) is 19.5. The van der Waals surface area contributed by atoms with Crippen molar-refractivity contribution in [2.24, 2.45) is 0 Å². The Bertz CT molecular complexity index is 3110. The fraction of sp³-hybridized carbons (Fsp3) is 0.0370. The van der Waals surface area contributed by atoms with Crippen molar-refractivity contribution in [1.82, 2.24) is 9.97 Å². The van der Waals surface area contributed by atoms with Crippen molar-refractivity contribution in [3.05, 3.63) is 217 Å². The van der Waals surface area contributed by atoms with Crippen LogP contribution in [0, 0.1) is 0 Å². The number of hydrogen-bond acceptors (Lipinski definition) is 3. The lowest BCUT2D eigenvalue weighted by Crippen LogP contribution is -2.22. The fourth-order valence-corrected chi connectivity index (χ4v) is 10.2. The summed E-state index contributed by atoms with van der Waals surface area (Å²) in [5.41, 5.74) is 16.1. The molecule has 8 aromatic carbocycles. The van der Waals surface area contributed by atoms with Gasteiger partial charge in [0, 0.05) is 42.3 Å². The fourth-order valence-electron chi connectivity index (χ4n) is 8.94. The minimum atomic E-state index is -0.238. The third kappa shape index (κ3) is 5.46. The van der Waals surface area contributed by atoms with Gasteiger partial charge in [-0.15, -0.1) is 11.3 Å². The van der Waals surface area contributed by atoms with Crippen LogP contribution in [0.3, 0.4) is 0 Å². The monoisotopic (exact) mass is 744 g/mol. The second kappa shape index (κ2) is 13.4. The number of aromatic nitrogens is 2. The van der Waals surface area contributed by atoms with Crippen molar-refractivity contribution in [2.75, 3.05) is 0 Å². The molecular weight excluding hydrogens is 709 g/mol. The zero-order valence-electron chi connectivity index (χ0n) is 31.4. The second-order valence-corrected chi connectivity index (χ2v) is 16.1. The van der Waals surface area contributed by atoms with E-state index in [9.17, 15) is 0 Å². The summed E-state index contributed by atoms with van der Waals surface area (Å²) in [5.74, 6) is 0.712. The van der Waals surface area contributed by atoms with Crippen LogP contribution in [0.5, 0.6) is 0 Å². The molecule has 0 aliphatic heterocycles. The molecule has 3 heteroatoms. The van der Waals surface area contributed by atoms with E-state index in [1.54, 1.807) is 0 Å². The van der Waals surface area contributed by atoms with Crippen LogP contribution in [0.2, 0.25) is 0 Å². The lowest BCUT2D eigenvalue weighted by atomic mass is 9.74. The molecule has 0 N–H and O–H groups in total. The Labute approximate surface area is 336 Å². The van der Waals surface area contributed by atoms with E-state index >= 15 is 0 Å². The average Bonchev–Trinajstić information content (AvgIpc) is 3.80. The molecule has 2 nitrogen and oxygen atoms in total. The molecule has 0 spiro atoms. The SMILES string of the molecule is CC1(c2ccccc2)c2ccccc2-c2c(-c3ccc(-c4cc(-c5ccc(-c6cccc7c6sc6ccccc67)cc5)nc(-c5ccccc5)n4)cc3)cccc21. The van der Waals surface area contributed by atoms with E-state index in [2.05, 4.69) is 189 Å². The van der Waals surface area contributed by atoms with Crippen LogP contribution in [0.4, 0.5) is 0 Å². The smallest absolute Gasteiger partial charge is 0.160 e. The lowest BCUT2D eigenvalue weighted by molar-refractivity contribution is 0.714. The third-order valence-corrected chi connectivity index (χ3v) is 13.1. The minimum absolute atomic E-state index is 0.238. The number of thiophene rings is 1. The largest absolute Gasteiger partial charge is 0.228 e. The maximum atomic E-state index is 5.15. The standard InChI is InChI=1S/C54H36N2S/c1-54(40-16-6-3-7-17-40)46-23-10-8-19-45(46)51-41(20-13-24-47(51)54)35-26-30-37(31-27-35)48-34-49(56-53(55-48)39-14-4-2-5-15-39)38-32-28-36(29-33-38)42-21-12-22-44-43-18-9-11-25-50(43)57-52(42)44/h2-34H,1H3. The van der Waals surface area contributed by atoms with Gasteiger partial charge in [0.25, 0.3) is 0 Å². The van der Waals surface area contributed by atoms with Crippen LogP contribution in [0.25, 0.3) is 87.5 Å². The molecule has 0 saturated carbocycles. The van der Waals surface area contributed by atoms with E-state index in [1.165, 1.54) is 70.2 Å². The van der Waals surface area contributed by atoms with Gasteiger partial charge in [-0.2, -0.15) is 0 Å². The van der Waals surface area contributed by atoms with Crippen molar-refractivity contribution in [3.63, 3.8) is 0 Å². The van der Waals surface area contributed by atoms with Crippen molar-refractivity contribution < 1.29 is 0 Å². The van der Waals surface area contributed by atoms with Crippen molar-refractivity contribution >= 4 is 31.5 Å². The van der Waals surface area contributed by atoms with Gasteiger partial charge in [-0.3, -0.25) is 0 Å². The van der Waals surface area contributed by atoms with Crippen molar-refractivity contribution in [1.29, 1.82) is 0 Å². The predicted molar refractivity (Wildman–Crippen MR) is 240 cm³/mol. The van der Waals surface area contributed by atoms with Gasteiger partial charge in [-0.25, -0.2) is 9.97 Å². The molecule has 268 valence electrons. The molecule has 2 aromatic heterocycles. The summed E-state index contributed by atoms with van der Waals surface area (Å²) in [4.78, 5) is 10.3. The third-order valence-electron chi connectivity index (χ3n) is 11.8. The van der Waals surface area contributed by atoms with Gasteiger partial charge in [-0.1, -0.05) is 188 Å². The maximum absolute atomic E-state index is 5.15. The van der Waals surface area contributed by atoms with Crippen molar-refractivity contribution in [3.8, 4) is 67.3 Å². The van der Waals surface area contributed by atoms with Gasteiger partial charge in [-0.05, 0) is 69.1 Å². The highest BCUT2D eigenvalue weighted by Crippen LogP contribution is 2.55. The Hall–Kier alpha value is -6.94. The van der Waals surface area contributed by atoms with Crippen LogP contribution < -0.4 is 0 Å². The summed E-state index contributed by atoms with van der Waals surface area (Å²) in [6.45, 7) is 2.37. The van der Waals surface area contributed by atoms with Crippen LogP contribution in [0.1, 0.15) is 23.6 Å². The zero-order valence-corrected chi connectivity index (χ0v) is 32.2. The molecule has 1 atom stereocenters. The van der Waals surface area contributed by atoms with E-state index in [4.69, 9.17) is 9.97 Å². The maximum Gasteiger partial charge on any atom is 0.160 e. The quantitative estimate of drug-likeness (QED) is 0.169. The molecule has 1 aliphatic carbocycles. The van der Waals surface area contributed by atoms with Crippen LogP contribution in [-0.2, 0) is 5.41 Å². The van der Waals surface area contributed by atoms with Gasteiger partial charge in [0.15, 0.2) is 5.82 Å². The topological polar surface area (TPSA) is 25.8 Å².